The molecule has 2 aromatic rings. The SMILES string of the molecule is CCCN(CCC)S(=O)(=O)c1ccc(C(=O)Nc2sccc2C(=O)NNC(C)=O)cc1. The number of nitrogens with one attached hydrogen (secondary N) is 3. The monoisotopic (exact) mass is 466 g/mol. The zero-order valence-corrected chi connectivity index (χ0v) is 19.2. The Hall–Kier alpha value is -2.76. The van der Waals surface area contributed by atoms with Crippen molar-refractivity contribution in [3.05, 3.63) is 46.8 Å². The average molecular weight is 467 g/mol. The number of nitrogens with zero attached hydrogens (tertiary/aromatic N) is 1. The van der Waals surface area contributed by atoms with Gasteiger partial charge in [-0.2, -0.15) is 4.31 Å². The quantitative estimate of drug-likeness (QED) is 0.490. The summed E-state index contributed by atoms with van der Waals surface area (Å²) in [6.45, 7) is 5.95. The molecule has 0 atom stereocenters. The van der Waals surface area contributed by atoms with E-state index < -0.39 is 27.7 Å². The standard InChI is InChI=1S/C20H26N4O5S2/c1-4-11-24(12-5-2)31(28,29)16-8-6-15(7-9-16)18(26)21-20-17(10-13-30-20)19(27)23-22-14(3)25/h6-10,13H,4-5,11-12H2,1-3H3,(H,21,26)(H,22,25)(H,23,27). The van der Waals surface area contributed by atoms with E-state index in [9.17, 15) is 22.8 Å². The number of sulfonamides is 1. The molecule has 31 heavy (non-hydrogen) atoms. The molecule has 168 valence electrons. The number of carbonyl (C=O) groups is 3. The molecule has 3 N–H and O–H groups in total. The number of anilines is 1. The lowest BCUT2D eigenvalue weighted by Crippen LogP contribution is -2.40. The highest BCUT2D eigenvalue weighted by Crippen LogP contribution is 2.24. The Morgan fingerprint density at radius 1 is 0.935 bits per heavy atom. The van der Waals surface area contributed by atoms with Crippen LogP contribution >= 0.6 is 11.3 Å². The van der Waals surface area contributed by atoms with Gasteiger partial charge in [-0.1, -0.05) is 13.8 Å². The fourth-order valence-corrected chi connectivity index (χ4v) is 5.15. The molecule has 0 saturated heterocycles. The van der Waals surface area contributed by atoms with Gasteiger partial charge in [0.25, 0.3) is 11.8 Å². The van der Waals surface area contributed by atoms with E-state index in [2.05, 4.69) is 16.2 Å². The Bertz CT molecular complexity index is 1030. The summed E-state index contributed by atoms with van der Waals surface area (Å²) in [6, 6.07) is 7.19. The van der Waals surface area contributed by atoms with Crippen LogP contribution in [0.1, 0.15) is 54.3 Å². The molecule has 0 aliphatic heterocycles. The summed E-state index contributed by atoms with van der Waals surface area (Å²) in [4.78, 5) is 35.8. The summed E-state index contributed by atoms with van der Waals surface area (Å²) in [5.74, 6) is -1.49. The van der Waals surface area contributed by atoms with Gasteiger partial charge in [-0.25, -0.2) is 8.42 Å². The molecule has 0 fully saturated rings. The Balaban J connectivity index is 2.14. The second-order valence-electron chi connectivity index (χ2n) is 6.68. The van der Waals surface area contributed by atoms with E-state index in [0.29, 0.717) is 30.9 Å². The van der Waals surface area contributed by atoms with Gasteiger partial charge in [-0.15, -0.1) is 11.3 Å². The van der Waals surface area contributed by atoms with Gasteiger partial charge in [-0.05, 0) is 48.6 Å². The van der Waals surface area contributed by atoms with Crippen molar-refractivity contribution in [3.8, 4) is 0 Å². The van der Waals surface area contributed by atoms with E-state index in [-0.39, 0.29) is 16.0 Å². The third-order valence-electron chi connectivity index (χ3n) is 4.19. The number of amides is 3. The van der Waals surface area contributed by atoms with E-state index in [4.69, 9.17) is 0 Å². The van der Waals surface area contributed by atoms with Crippen molar-refractivity contribution in [2.45, 2.75) is 38.5 Å². The van der Waals surface area contributed by atoms with Gasteiger partial charge in [0.1, 0.15) is 5.00 Å². The maximum absolute atomic E-state index is 12.8. The zero-order valence-electron chi connectivity index (χ0n) is 17.6. The molecule has 3 amide bonds. The van der Waals surface area contributed by atoms with Crippen molar-refractivity contribution in [2.24, 2.45) is 0 Å². The third kappa shape index (κ3) is 6.36. The summed E-state index contributed by atoms with van der Waals surface area (Å²) >= 11 is 1.15. The van der Waals surface area contributed by atoms with Crippen molar-refractivity contribution in [2.75, 3.05) is 18.4 Å². The van der Waals surface area contributed by atoms with E-state index in [1.54, 1.807) is 5.38 Å². The van der Waals surface area contributed by atoms with Gasteiger partial charge < -0.3 is 5.32 Å². The smallest absolute Gasteiger partial charge is 0.272 e. The first-order chi connectivity index (χ1) is 14.7. The van der Waals surface area contributed by atoms with Crippen LogP contribution in [0.5, 0.6) is 0 Å². The fourth-order valence-electron chi connectivity index (χ4n) is 2.75. The Morgan fingerprint density at radius 2 is 1.55 bits per heavy atom. The summed E-state index contributed by atoms with van der Waals surface area (Å²) in [5, 5.41) is 4.58. The highest BCUT2D eigenvalue weighted by atomic mass is 32.2. The largest absolute Gasteiger partial charge is 0.313 e. The van der Waals surface area contributed by atoms with E-state index >= 15 is 0 Å². The summed E-state index contributed by atoms with van der Waals surface area (Å²) in [6.07, 6.45) is 1.41. The molecule has 0 bridgehead atoms. The molecular formula is C20H26N4O5S2. The fraction of sp³-hybridized carbons (Fsp3) is 0.350. The lowest BCUT2D eigenvalue weighted by molar-refractivity contribution is -0.119. The molecule has 0 aliphatic rings. The van der Waals surface area contributed by atoms with Crippen molar-refractivity contribution in [1.29, 1.82) is 0 Å². The first-order valence-corrected chi connectivity index (χ1v) is 12.1. The minimum atomic E-state index is -3.63. The summed E-state index contributed by atoms with van der Waals surface area (Å²) in [7, 11) is -3.63. The molecule has 0 unspecified atom stereocenters. The Labute approximate surface area is 185 Å². The molecule has 1 aromatic heterocycles. The summed E-state index contributed by atoms with van der Waals surface area (Å²) < 4.78 is 27.1. The minimum Gasteiger partial charge on any atom is -0.313 e. The van der Waals surface area contributed by atoms with Gasteiger partial charge in [0.05, 0.1) is 10.5 Å². The first-order valence-electron chi connectivity index (χ1n) is 9.76. The number of rotatable bonds is 9. The molecule has 0 saturated carbocycles. The van der Waals surface area contributed by atoms with Crippen LogP contribution < -0.4 is 16.2 Å². The highest BCUT2D eigenvalue weighted by Gasteiger charge is 2.23. The van der Waals surface area contributed by atoms with Crippen molar-refractivity contribution in [1.82, 2.24) is 15.2 Å². The van der Waals surface area contributed by atoms with Crippen molar-refractivity contribution < 1.29 is 22.8 Å². The zero-order chi connectivity index (χ0) is 23.0. The Kier molecular flexibility index (Phi) is 8.72. The Morgan fingerprint density at radius 3 is 2.10 bits per heavy atom. The molecule has 9 nitrogen and oxygen atoms in total. The number of hydrazine groups is 1. The van der Waals surface area contributed by atoms with Crippen LogP contribution in [0.15, 0.2) is 40.6 Å². The molecular weight excluding hydrogens is 440 g/mol. The van der Waals surface area contributed by atoms with Crippen molar-refractivity contribution >= 4 is 44.1 Å². The van der Waals surface area contributed by atoms with Gasteiger partial charge in [-0.3, -0.25) is 25.2 Å². The van der Waals surface area contributed by atoms with Crippen LogP contribution in [0.25, 0.3) is 0 Å². The lowest BCUT2D eigenvalue weighted by Gasteiger charge is -2.21. The maximum atomic E-state index is 12.8. The number of benzene rings is 1. The molecule has 1 heterocycles. The van der Waals surface area contributed by atoms with Crippen LogP contribution in [-0.4, -0.2) is 43.5 Å². The first kappa shape index (κ1) is 24.5. The van der Waals surface area contributed by atoms with Crippen LogP contribution in [0, 0.1) is 0 Å². The molecule has 11 heteroatoms. The van der Waals surface area contributed by atoms with E-state index in [0.717, 1.165) is 11.3 Å². The van der Waals surface area contributed by atoms with Gasteiger partial charge >= 0.3 is 0 Å². The second kappa shape index (κ2) is 11.0. The van der Waals surface area contributed by atoms with Crippen LogP contribution in [0.4, 0.5) is 5.00 Å². The third-order valence-corrected chi connectivity index (χ3v) is 6.93. The van der Waals surface area contributed by atoms with Crippen molar-refractivity contribution in [3.63, 3.8) is 0 Å². The number of hydrogen-bond acceptors (Lipinski definition) is 6. The average Bonchev–Trinajstić information content (AvgIpc) is 3.20. The number of carbonyl (C=O) groups excluding carboxylic acids is 3. The van der Waals surface area contributed by atoms with Gasteiger partial charge in [0.15, 0.2) is 0 Å². The predicted octanol–water partition coefficient (Wildman–Crippen LogP) is 2.59. The molecule has 0 aliphatic carbocycles. The van der Waals surface area contributed by atoms with Gasteiger partial charge in [0, 0.05) is 25.6 Å². The highest BCUT2D eigenvalue weighted by molar-refractivity contribution is 7.89. The maximum Gasteiger partial charge on any atom is 0.272 e. The van der Waals surface area contributed by atoms with Crippen LogP contribution in [-0.2, 0) is 14.8 Å². The second-order valence-corrected chi connectivity index (χ2v) is 9.54. The number of thiophene rings is 1. The topological polar surface area (TPSA) is 125 Å². The number of hydrogen-bond donors (Lipinski definition) is 3. The molecule has 0 radical (unpaired) electrons. The normalized spacial score (nSPS) is 11.2. The predicted molar refractivity (Wildman–Crippen MR) is 119 cm³/mol. The molecule has 0 spiro atoms. The summed E-state index contributed by atoms with van der Waals surface area (Å²) in [5.41, 5.74) is 4.87. The molecule has 2 rings (SSSR count). The molecule has 1 aromatic carbocycles. The van der Waals surface area contributed by atoms with E-state index in [1.165, 1.54) is 41.6 Å². The van der Waals surface area contributed by atoms with E-state index in [1.807, 2.05) is 13.8 Å². The van der Waals surface area contributed by atoms with Crippen LogP contribution in [0.3, 0.4) is 0 Å². The van der Waals surface area contributed by atoms with Gasteiger partial charge in [0.2, 0.25) is 15.9 Å². The van der Waals surface area contributed by atoms with Crippen LogP contribution in [0.2, 0.25) is 0 Å². The lowest BCUT2D eigenvalue weighted by atomic mass is 10.2. The minimum absolute atomic E-state index is 0.123.